The van der Waals surface area contributed by atoms with Gasteiger partial charge >= 0.3 is 0 Å². The van der Waals surface area contributed by atoms with Crippen LogP contribution in [0, 0.1) is 0 Å². The molecule has 0 aliphatic rings. The highest BCUT2D eigenvalue weighted by atomic mass is 16.5. The quantitative estimate of drug-likeness (QED) is 0.805. The van der Waals surface area contributed by atoms with Crippen LogP contribution in [0.4, 0.5) is 5.69 Å². The Morgan fingerprint density at radius 1 is 0.818 bits per heavy atom. The van der Waals surface area contributed by atoms with Gasteiger partial charge in [-0.3, -0.25) is 0 Å². The van der Waals surface area contributed by atoms with Gasteiger partial charge in [0.05, 0.1) is 14.2 Å². The molecule has 0 bridgehead atoms. The lowest BCUT2D eigenvalue weighted by atomic mass is 10.2. The maximum atomic E-state index is 5.36. The van der Waals surface area contributed by atoms with Crippen LogP contribution in [0.1, 0.15) is 33.3 Å². The number of hydrogen-bond acceptors (Lipinski definition) is 3. The summed E-state index contributed by atoms with van der Waals surface area (Å²) in [5.41, 5.74) is 2.19. The zero-order valence-electron chi connectivity index (χ0n) is 14.6. The van der Waals surface area contributed by atoms with Gasteiger partial charge in [0.25, 0.3) is 0 Å². The van der Waals surface area contributed by atoms with E-state index in [1.165, 1.54) is 0 Å². The summed E-state index contributed by atoms with van der Waals surface area (Å²) in [5, 5.41) is 3.35. The van der Waals surface area contributed by atoms with Gasteiger partial charge in [0, 0.05) is 23.9 Å². The fourth-order valence-corrected chi connectivity index (χ4v) is 1.75. The maximum Gasteiger partial charge on any atom is 0.127 e. The molecule has 0 amide bonds. The average molecular weight is 303 g/mol. The van der Waals surface area contributed by atoms with Gasteiger partial charge in [-0.05, 0) is 24.3 Å². The number of para-hydroxylation sites is 1. The molecule has 0 unspecified atom stereocenters. The van der Waals surface area contributed by atoms with Crippen LogP contribution in [-0.2, 0) is 6.54 Å². The molecule has 2 aromatic rings. The van der Waals surface area contributed by atoms with E-state index < -0.39 is 0 Å². The van der Waals surface area contributed by atoms with E-state index in [-0.39, 0.29) is 0 Å². The smallest absolute Gasteiger partial charge is 0.127 e. The first-order valence-corrected chi connectivity index (χ1v) is 7.83. The van der Waals surface area contributed by atoms with Crippen molar-refractivity contribution in [2.45, 2.75) is 34.2 Å². The number of benzene rings is 2. The van der Waals surface area contributed by atoms with Crippen LogP contribution in [0.25, 0.3) is 0 Å². The monoisotopic (exact) mass is 303 g/mol. The molecule has 0 radical (unpaired) electrons. The number of nitrogens with one attached hydrogen (secondary N) is 1. The Kier molecular flexibility index (Phi) is 11.3. The van der Waals surface area contributed by atoms with Gasteiger partial charge in [0.1, 0.15) is 11.5 Å². The van der Waals surface area contributed by atoms with E-state index in [1.807, 2.05) is 76.2 Å². The number of anilines is 1. The molecule has 0 spiro atoms. The van der Waals surface area contributed by atoms with Crippen LogP contribution in [0.5, 0.6) is 11.5 Å². The third kappa shape index (κ3) is 6.53. The van der Waals surface area contributed by atoms with Gasteiger partial charge in [0.15, 0.2) is 0 Å². The molecule has 0 saturated heterocycles. The van der Waals surface area contributed by atoms with Gasteiger partial charge in [-0.15, -0.1) is 0 Å². The maximum absolute atomic E-state index is 5.36. The van der Waals surface area contributed by atoms with E-state index in [9.17, 15) is 0 Å². The predicted octanol–water partition coefficient (Wildman–Crippen LogP) is 5.37. The first kappa shape index (κ1) is 19.8. The summed E-state index contributed by atoms with van der Waals surface area (Å²) < 4.78 is 10.5. The van der Waals surface area contributed by atoms with Gasteiger partial charge in [0.2, 0.25) is 0 Å². The van der Waals surface area contributed by atoms with Crippen molar-refractivity contribution >= 4 is 5.69 Å². The van der Waals surface area contributed by atoms with Crippen molar-refractivity contribution in [3.8, 4) is 11.5 Å². The molecule has 3 nitrogen and oxygen atoms in total. The van der Waals surface area contributed by atoms with E-state index in [2.05, 4.69) is 5.32 Å². The Morgan fingerprint density at radius 2 is 1.45 bits per heavy atom. The minimum absolute atomic E-state index is 0.719. The van der Waals surface area contributed by atoms with Gasteiger partial charge < -0.3 is 14.8 Å². The fraction of sp³-hybridized carbons (Fsp3) is 0.368. The fourth-order valence-electron chi connectivity index (χ4n) is 1.75. The van der Waals surface area contributed by atoms with Crippen LogP contribution >= 0.6 is 0 Å². The highest BCUT2D eigenvalue weighted by Gasteiger charge is 2.04. The molecule has 0 aliphatic heterocycles. The zero-order chi connectivity index (χ0) is 16.8. The van der Waals surface area contributed by atoms with E-state index >= 15 is 0 Å². The number of methoxy groups -OCH3 is 2. The van der Waals surface area contributed by atoms with Crippen LogP contribution in [0.15, 0.2) is 48.5 Å². The van der Waals surface area contributed by atoms with E-state index in [1.54, 1.807) is 14.2 Å². The van der Waals surface area contributed by atoms with Crippen molar-refractivity contribution < 1.29 is 9.47 Å². The molecule has 0 aromatic heterocycles. The molecule has 3 heteroatoms. The summed E-state index contributed by atoms with van der Waals surface area (Å²) >= 11 is 0. The zero-order valence-corrected chi connectivity index (χ0v) is 14.6. The molecule has 1 N–H and O–H groups in total. The number of hydrogen-bond donors (Lipinski definition) is 1. The van der Waals surface area contributed by atoms with Gasteiger partial charge in [-0.25, -0.2) is 0 Å². The van der Waals surface area contributed by atoms with Crippen molar-refractivity contribution in [3.05, 3.63) is 54.1 Å². The van der Waals surface area contributed by atoms with E-state index in [0.29, 0.717) is 0 Å². The number of ether oxygens (including phenoxy) is 2. The standard InChI is InChI=1S/C15H17NO2.2C2H6/c1-17-14-9-8-12(15(10-14)18-2)11-16-13-6-4-3-5-7-13;2*1-2/h3-10,16H,11H2,1-2H3;2*1-2H3. The summed E-state index contributed by atoms with van der Waals surface area (Å²) in [6, 6.07) is 15.9. The third-order valence-corrected chi connectivity index (χ3v) is 2.75. The van der Waals surface area contributed by atoms with Crippen LogP contribution in [-0.4, -0.2) is 14.2 Å². The highest BCUT2D eigenvalue weighted by Crippen LogP contribution is 2.25. The Balaban J connectivity index is 0.00000102. The lowest BCUT2D eigenvalue weighted by molar-refractivity contribution is 0.391. The first-order chi connectivity index (χ1) is 10.8. The summed E-state index contributed by atoms with van der Waals surface area (Å²) in [5.74, 6) is 1.63. The summed E-state index contributed by atoms with van der Waals surface area (Å²) in [7, 11) is 3.32. The molecule has 0 fully saturated rings. The minimum atomic E-state index is 0.719. The van der Waals surface area contributed by atoms with Crippen molar-refractivity contribution in [1.29, 1.82) is 0 Å². The van der Waals surface area contributed by atoms with E-state index in [0.717, 1.165) is 29.3 Å². The van der Waals surface area contributed by atoms with Crippen LogP contribution in [0.2, 0.25) is 0 Å². The Hall–Kier alpha value is -2.16. The molecule has 22 heavy (non-hydrogen) atoms. The van der Waals surface area contributed by atoms with Crippen LogP contribution < -0.4 is 14.8 Å². The Bertz CT molecular complexity index is 498. The van der Waals surface area contributed by atoms with Crippen molar-refractivity contribution in [1.82, 2.24) is 0 Å². The van der Waals surface area contributed by atoms with E-state index in [4.69, 9.17) is 9.47 Å². The van der Waals surface area contributed by atoms with Crippen LogP contribution in [0.3, 0.4) is 0 Å². The molecule has 2 aromatic carbocycles. The van der Waals surface area contributed by atoms with Crippen molar-refractivity contribution in [2.75, 3.05) is 19.5 Å². The largest absolute Gasteiger partial charge is 0.497 e. The normalized spacial score (nSPS) is 8.64. The topological polar surface area (TPSA) is 30.5 Å². The lowest BCUT2D eigenvalue weighted by Gasteiger charge is -2.12. The number of rotatable bonds is 5. The average Bonchev–Trinajstić information content (AvgIpc) is 2.64. The Morgan fingerprint density at radius 3 is 2.00 bits per heavy atom. The summed E-state index contributed by atoms with van der Waals surface area (Å²) in [6.07, 6.45) is 0. The van der Waals surface area contributed by atoms with Crippen molar-refractivity contribution in [3.63, 3.8) is 0 Å². The second-order valence-electron chi connectivity index (χ2n) is 3.90. The Labute approximate surface area is 135 Å². The summed E-state index contributed by atoms with van der Waals surface area (Å²) in [4.78, 5) is 0. The molecular weight excluding hydrogens is 274 g/mol. The second kappa shape index (κ2) is 12.6. The predicted molar refractivity (Wildman–Crippen MR) is 96.0 cm³/mol. The minimum Gasteiger partial charge on any atom is -0.497 e. The molecule has 0 heterocycles. The molecule has 122 valence electrons. The summed E-state index contributed by atoms with van der Waals surface area (Å²) in [6.45, 7) is 8.72. The lowest BCUT2D eigenvalue weighted by Crippen LogP contribution is -2.01. The molecular formula is C19H29NO2. The SMILES string of the molecule is CC.CC.COc1ccc(CNc2ccccc2)c(OC)c1. The molecule has 0 aliphatic carbocycles. The highest BCUT2D eigenvalue weighted by molar-refractivity contribution is 5.46. The molecule has 2 rings (SSSR count). The molecule has 0 atom stereocenters. The van der Waals surface area contributed by atoms with Gasteiger partial charge in [-0.1, -0.05) is 45.9 Å². The molecule has 0 saturated carbocycles. The second-order valence-corrected chi connectivity index (χ2v) is 3.90. The first-order valence-electron chi connectivity index (χ1n) is 7.83. The van der Waals surface area contributed by atoms with Gasteiger partial charge in [-0.2, -0.15) is 0 Å². The van der Waals surface area contributed by atoms with Crippen molar-refractivity contribution in [2.24, 2.45) is 0 Å². The third-order valence-electron chi connectivity index (χ3n) is 2.75.